The number of rotatable bonds is 2. The molecule has 5 heteroatoms. The van der Waals surface area contributed by atoms with Crippen LogP contribution < -0.4 is 15.2 Å². The van der Waals surface area contributed by atoms with E-state index in [9.17, 15) is 0 Å². The van der Waals surface area contributed by atoms with Gasteiger partial charge >= 0.3 is 0 Å². The van der Waals surface area contributed by atoms with E-state index < -0.39 is 0 Å². The first-order valence-corrected chi connectivity index (χ1v) is 6.89. The zero-order valence-electron chi connectivity index (χ0n) is 11.3. The molecule has 4 rings (SSSR count). The molecule has 104 valence electrons. The van der Waals surface area contributed by atoms with E-state index in [2.05, 4.69) is 12.1 Å². The van der Waals surface area contributed by atoms with Crippen LogP contribution in [0.1, 0.15) is 25.0 Å². The lowest BCUT2D eigenvalue weighted by atomic mass is 10.0. The molecule has 1 aliphatic carbocycles. The highest BCUT2D eigenvalue weighted by atomic mass is 16.6. The second kappa shape index (κ2) is 4.16. The van der Waals surface area contributed by atoms with Gasteiger partial charge in [-0.3, -0.25) is 0 Å². The molecule has 0 saturated heterocycles. The second-order valence-corrected chi connectivity index (χ2v) is 5.48. The van der Waals surface area contributed by atoms with Crippen LogP contribution in [0, 0.1) is 5.92 Å². The molecule has 2 aromatic rings. The van der Waals surface area contributed by atoms with Crippen molar-refractivity contribution in [2.75, 3.05) is 18.9 Å². The Morgan fingerprint density at radius 3 is 2.70 bits per heavy atom. The molecule has 5 nitrogen and oxygen atoms in total. The monoisotopic (exact) mass is 272 g/mol. The van der Waals surface area contributed by atoms with E-state index in [-0.39, 0.29) is 0 Å². The smallest absolute Gasteiger partial charge is 0.230 e. The van der Waals surface area contributed by atoms with Crippen molar-refractivity contribution < 1.29 is 14.0 Å². The van der Waals surface area contributed by atoms with E-state index >= 15 is 0 Å². The summed E-state index contributed by atoms with van der Waals surface area (Å²) in [7, 11) is 0. The van der Waals surface area contributed by atoms with Crippen LogP contribution in [0.5, 0.6) is 11.5 Å². The first-order chi connectivity index (χ1) is 9.74. The molecule has 2 unspecified atom stereocenters. The van der Waals surface area contributed by atoms with Gasteiger partial charge in [-0.15, -0.1) is 0 Å². The zero-order valence-corrected chi connectivity index (χ0v) is 11.3. The summed E-state index contributed by atoms with van der Waals surface area (Å²) in [6.07, 6.45) is 1.14. The largest absolute Gasteiger partial charge is 0.486 e. The second-order valence-electron chi connectivity index (χ2n) is 5.48. The lowest BCUT2D eigenvalue weighted by Gasteiger charge is -2.18. The topological polar surface area (TPSA) is 70.5 Å². The SMILES string of the molecule is CC1CC1c1noc(N)c1-c1ccc2c(c1)OCCO2. The number of aromatic nitrogens is 1. The predicted octanol–water partition coefficient (Wildman–Crippen LogP) is 2.82. The van der Waals surface area contributed by atoms with Crippen molar-refractivity contribution >= 4 is 5.88 Å². The van der Waals surface area contributed by atoms with E-state index in [4.69, 9.17) is 19.7 Å². The summed E-state index contributed by atoms with van der Waals surface area (Å²) in [5, 5.41) is 4.14. The van der Waals surface area contributed by atoms with Gasteiger partial charge in [0.2, 0.25) is 5.88 Å². The van der Waals surface area contributed by atoms with E-state index in [0.717, 1.165) is 34.7 Å². The molecule has 2 atom stereocenters. The highest BCUT2D eigenvalue weighted by molar-refractivity contribution is 5.77. The van der Waals surface area contributed by atoms with Gasteiger partial charge in [-0.1, -0.05) is 18.1 Å². The van der Waals surface area contributed by atoms with Gasteiger partial charge in [-0.25, -0.2) is 0 Å². The van der Waals surface area contributed by atoms with Gasteiger partial charge in [0.25, 0.3) is 0 Å². The number of nitrogens with zero attached hydrogens (tertiary/aromatic N) is 1. The third-order valence-corrected chi connectivity index (χ3v) is 4.04. The quantitative estimate of drug-likeness (QED) is 0.910. The van der Waals surface area contributed by atoms with Crippen molar-refractivity contribution in [3.8, 4) is 22.6 Å². The molecule has 1 fully saturated rings. The van der Waals surface area contributed by atoms with Crippen molar-refractivity contribution in [1.29, 1.82) is 0 Å². The summed E-state index contributed by atoms with van der Waals surface area (Å²) < 4.78 is 16.4. The van der Waals surface area contributed by atoms with E-state index in [1.165, 1.54) is 0 Å². The number of hydrogen-bond donors (Lipinski definition) is 1. The molecule has 0 bridgehead atoms. The molecular formula is C15H16N2O3. The predicted molar refractivity (Wildman–Crippen MR) is 73.9 cm³/mol. The summed E-state index contributed by atoms with van der Waals surface area (Å²) >= 11 is 0. The highest BCUT2D eigenvalue weighted by Gasteiger charge is 2.39. The number of hydrogen-bond acceptors (Lipinski definition) is 5. The van der Waals surface area contributed by atoms with Gasteiger partial charge < -0.3 is 19.7 Å². The van der Waals surface area contributed by atoms with Crippen molar-refractivity contribution in [3.63, 3.8) is 0 Å². The average Bonchev–Trinajstić information content (AvgIpc) is 3.06. The third kappa shape index (κ3) is 1.73. The van der Waals surface area contributed by atoms with Gasteiger partial charge in [-0.05, 0) is 30.0 Å². The fourth-order valence-electron chi connectivity index (χ4n) is 2.76. The Hall–Kier alpha value is -2.17. The third-order valence-electron chi connectivity index (χ3n) is 4.04. The number of fused-ring (bicyclic) bond motifs is 1. The van der Waals surface area contributed by atoms with Gasteiger partial charge in [0, 0.05) is 5.92 Å². The van der Waals surface area contributed by atoms with Crippen LogP contribution >= 0.6 is 0 Å². The molecule has 0 amide bonds. The van der Waals surface area contributed by atoms with Crippen LogP contribution in [-0.4, -0.2) is 18.4 Å². The normalized spacial score (nSPS) is 23.6. The number of anilines is 1. The minimum atomic E-state index is 0.371. The Morgan fingerprint density at radius 1 is 1.20 bits per heavy atom. The molecule has 1 aliphatic heterocycles. The highest BCUT2D eigenvalue weighted by Crippen LogP contribution is 2.51. The van der Waals surface area contributed by atoms with Crippen LogP contribution in [0.3, 0.4) is 0 Å². The van der Waals surface area contributed by atoms with Crippen LogP contribution in [0.2, 0.25) is 0 Å². The minimum Gasteiger partial charge on any atom is -0.486 e. The van der Waals surface area contributed by atoms with Gasteiger partial charge in [0.15, 0.2) is 11.5 Å². The Labute approximate surface area is 116 Å². The van der Waals surface area contributed by atoms with Gasteiger partial charge in [0.1, 0.15) is 13.2 Å². The standard InChI is InChI=1S/C15H16N2O3/c1-8-6-10(8)14-13(15(16)20-17-14)9-2-3-11-12(7-9)19-5-4-18-11/h2-3,7-8,10H,4-6,16H2,1H3. The number of nitrogen functional groups attached to an aromatic ring is 1. The number of ether oxygens (including phenoxy) is 2. The zero-order chi connectivity index (χ0) is 13.7. The van der Waals surface area contributed by atoms with E-state index in [0.29, 0.717) is 30.9 Å². The average molecular weight is 272 g/mol. The van der Waals surface area contributed by atoms with E-state index in [1.807, 2.05) is 18.2 Å². The van der Waals surface area contributed by atoms with Crippen LogP contribution in [0.4, 0.5) is 5.88 Å². The Balaban J connectivity index is 1.79. The maximum Gasteiger partial charge on any atom is 0.230 e. The fourth-order valence-corrected chi connectivity index (χ4v) is 2.76. The van der Waals surface area contributed by atoms with Crippen molar-refractivity contribution in [3.05, 3.63) is 23.9 Å². The van der Waals surface area contributed by atoms with Gasteiger partial charge in [-0.2, -0.15) is 0 Å². The van der Waals surface area contributed by atoms with Crippen molar-refractivity contribution in [2.45, 2.75) is 19.3 Å². The molecule has 2 aliphatic rings. The summed E-state index contributed by atoms with van der Waals surface area (Å²) in [4.78, 5) is 0. The number of benzene rings is 1. The molecule has 1 saturated carbocycles. The van der Waals surface area contributed by atoms with Crippen LogP contribution in [0.15, 0.2) is 22.7 Å². The molecule has 0 radical (unpaired) electrons. The molecule has 2 heterocycles. The van der Waals surface area contributed by atoms with Crippen LogP contribution in [0.25, 0.3) is 11.1 Å². The minimum absolute atomic E-state index is 0.371. The summed E-state index contributed by atoms with van der Waals surface area (Å²) in [6.45, 7) is 3.37. The maximum atomic E-state index is 5.96. The summed E-state index contributed by atoms with van der Waals surface area (Å²) in [5.74, 6) is 3.01. The Kier molecular flexibility index (Phi) is 2.42. The van der Waals surface area contributed by atoms with Crippen molar-refractivity contribution in [1.82, 2.24) is 5.16 Å². The van der Waals surface area contributed by atoms with Gasteiger partial charge in [0.05, 0.1) is 11.3 Å². The lowest BCUT2D eigenvalue weighted by molar-refractivity contribution is 0.171. The first-order valence-electron chi connectivity index (χ1n) is 6.89. The number of nitrogens with two attached hydrogens (primary N) is 1. The van der Waals surface area contributed by atoms with Crippen LogP contribution in [-0.2, 0) is 0 Å². The molecule has 1 aromatic heterocycles. The molecule has 20 heavy (non-hydrogen) atoms. The molecule has 2 N–H and O–H groups in total. The molecule has 0 spiro atoms. The Morgan fingerprint density at radius 2 is 1.95 bits per heavy atom. The summed E-state index contributed by atoms with van der Waals surface area (Å²) in [5.41, 5.74) is 8.80. The fraction of sp³-hybridized carbons (Fsp3) is 0.400. The van der Waals surface area contributed by atoms with E-state index in [1.54, 1.807) is 0 Å². The summed E-state index contributed by atoms with van der Waals surface area (Å²) in [6, 6.07) is 5.84. The van der Waals surface area contributed by atoms with Crippen molar-refractivity contribution in [2.24, 2.45) is 5.92 Å². The maximum absolute atomic E-state index is 5.96. The molecule has 1 aromatic carbocycles. The Bertz CT molecular complexity index is 665. The first kappa shape index (κ1) is 11.6. The molecular weight excluding hydrogens is 256 g/mol. The lowest BCUT2D eigenvalue weighted by Crippen LogP contribution is -2.15.